The van der Waals surface area contributed by atoms with E-state index in [0.717, 1.165) is 16.6 Å². The number of nitrogens with zero attached hydrogens (tertiary/aromatic N) is 2. The molecule has 4 nitrogen and oxygen atoms in total. The predicted molar refractivity (Wildman–Crippen MR) is 52.0 cm³/mol. The molecule has 0 radical (unpaired) electrons. The molecule has 0 aliphatic rings. The SMILES string of the molecule is COc1nc2ccc(CC#N)cc2[nH]1. The Morgan fingerprint density at radius 1 is 1.57 bits per heavy atom. The molecule has 0 aliphatic heterocycles. The number of hydrogen-bond donors (Lipinski definition) is 1. The van der Waals surface area contributed by atoms with Crippen LogP contribution in [0.5, 0.6) is 6.01 Å². The van der Waals surface area contributed by atoms with Crippen LogP contribution in [-0.2, 0) is 6.42 Å². The molecule has 1 aromatic carbocycles. The minimum Gasteiger partial charge on any atom is -0.468 e. The second kappa shape index (κ2) is 3.38. The van der Waals surface area contributed by atoms with Crippen LogP contribution >= 0.6 is 0 Å². The summed E-state index contributed by atoms with van der Waals surface area (Å²) in [6, 6.07) is 8.28. The van der Waals surface area contributed by atoms with Gasteiger partial charge in [0.25, 0.3) is 6.01 Å². The van der Waals surface area contributed by atoms with Crippen molar-refractivity contribution in [3.8, 4) is 12.1 Å². The highest BCUT2D eigenvalue weighted by atomic mass is 16.5. The smallest absolute Gasteiger partial charge is 0.294 e. The maximum atomic E-state index is 8.54. The number of H-pyrrole nitrogens is 1. The number of rotatable bonds is 2. The Morgan fingerprint density at radius 3 is 3.14 bits per heavy atom. The van der Waals surface area contributed by atoms with Gasteiger partial charge in [0.15, 0.2) is 0 Å². The zero-order valence-electron chi connectivity index (χ0n) is 7.74. The number of methoxy groups -OCH3 is 1. The molecule has 0 saturated heterocycles. The largest absolute Gasteiger partial charge is 0.468 e. The summed E-state index contributed by atoms with van der Waals surface area (Å²) < 4.78 is 4.97. The van der Waals surface area contributed by atoms with Gasteiger partial charge in [-0.3, -0.25) is 0 Å². The molecule has 2 rings (SSSR count). The van der Waals surface area contributed by atoms with Crippen molar-refractivity contribution < 1.29 is 4.74 Å². The van der Waals surface area contributed by atoms with Crippen LogP contribution in [0.1, 0.15) is 5.56 Å². The van der Waals surface area contributed by atoms with E-state index in [4.69, 9.17) is 10.00 Å². The Hall–Kier alpha value is -2.02. The van der Waals surface area contributed by atoms with Gasteiger partial charge in [-0.1, -0.05) is 6.07 Å². The number of aromatic nitrogens is 2. The summed E-state index contributed by atoms with van der Waals surface area (Å²) in [5.41, 5.74) is 2.73. The molecule has 0 fully saturated rings. The lowest BCUT2D eigenvalue weighted by Crippen LogP contribution is -1.82. The van der Waals surface area contributed by atoms with Crippen molar-refractivity contribution in [2.45, 2.75) is 6.42 Å². The van der Waals surface area contributed by atoms with Crippen molar-refractivity contribution in [3.63, 3.8) is 0 Å². The van der Waals surface area contributed by atoms with Crippen LogP contribution in [0.4, 0.5) is 0 Å². The van der Waals surface area contributed by atoms with Gasteiger partial charge in [0.2, 0.25) is 0 Å². The summed E-state index contributed by atoms with van der Waals surface area (Å²) in [6.45, 7) is 0. The van der Waals surface area contributed by atoms with E-state index < -0.39 is 0 Å². The Morgan fingerprint density at radius 2 is 2.43 bits per heavy atom. The predicted octanol–water partition coefficient (Wildman–Crippen LogP) is 1.64. The Kier molecular flexibility index (Phi) is 2.07. The Labute approximate surface area is 81.1 Å². The van der Waals surface area contributed by atoms with E-state index in [0.29, 0.717) is 12.4 Å². The number of nitrogens with one attached hydrogen (secondary N) is 1. The molecule has 1 heterocycles. The molecular weight excluding hydrogens is 178 g/mol. The second-order valence-corrected chi connectivity index (χ2v) is 2.93. The molecule has 0 saturated carbocycles. The van der Waals surface area contributed by atoms with Crippen molar-refractivity contribution in [2.75, 3.05) is 7.11 Å². The molecule has 14 heavy (non-hydrogen) atoms. The first-order valence-corrected chi connectivity index (χ1v) is 4.23. The maximum Gasteiger partial charge on any atom is 0.294 e. The third-order valence-electron chi connectivity index (χ3n) is 2.00. The molecule has 1 aromatic heterocycles. The molecule has 70 valence electrons. The van der Waals surface area contributed by atoms with Crippen LogP contribution in [0.2, 0.25) is 0 Å². The standard InChI is InChI=1S/C10H9N3O/c1-14-10-12-8-3-2-7(4-5-11)6-9(8)13-10/h2-3,6H,4H2,1H3,(H,12,13). The minimum absolute atomic E-state index is 0.414. The monoisotopic (exact) mass is 187 g/mol. The summed E-state index contributed by atoms with van der Waals surface area (Å²) in [5.74, 6) is 0. The molecule has 0 atom stereocenters. The number of hydrogen-bond acceptors (Lipinski definition) is 3. The number of aromatic amines is 1. The van der Waals surface area contributed by atoms with Gasteiger partial charge >= 0.3 is 0 Å². The molecule has 0 unspecified atom stereocenters. The van der Waals surface area contributed by atoms with Gasteiger partial charge in [-0.15, -0.1) is 0 Å². The summed E-state index contributed by atoms with van der Waals surface area (Å²) in [4.78, 5) is 7.17. The van der Waals surface area contributed by atoms with E-state index >= 15 is 0 Å². The number of nitriles is 1. The molecule has 2 aromatic rings. The average Bonchev–Trinajstić information content (AvgIpc) is 2.60. The maximum absolute atomic E-state index is 8.54. The lowest BCUT2D eigenvalue weighted by Gasteiger charge is -1.92. The van der Waals surface area contributed by atoms with Crippen LogP contribution in [0.25, 0.3) is 11.0 Å². The lowest BCUT2D eigenvalue weighted by molar-refractivity contribution is 0.386. The number of imidazole rings is 1. The molecule has 4 heteroatoms. The van der Waals surface area contributed by atoms with Gasteiger partial charge in [0.05, 0.1) is 30.6 Å². The zero-order chi connectivity index (χ0) is 9.97. The molecular formula is C10H9N3O. The first-order valence-electron chi connectivity index (χ1n) is 4.23. The fourth-order valence-corrected chi connectivity index (χ4v) is 1.33. The fourth-order valence-electron chi connectivity index (χ4n) is 1.33. The molecule has 0 aliphatic carbocycles. The van der Waals surface area contributed by atoms with Crippen molar-refractivity contribution in [1.29, 1.82) is 5.26 Å². The lowest BCUT2D eigenvalue weighted by atomic mass is 10.1. The van der Waals surface area contributed by atoms with Gasteiger partial charge in [-0.25, -0.2) is 0 Å². The van der Waals surface area contributed by atoms with Gasteiger partial charge in [0.1, 0.15) is 0 Å². The van der Waals surface area contributed by atoms with Gasteiger partial charge < -0.3 is 9.72 Å². The van der Waals surface area contributed by atoms with Crippen LogP contribution < -0.4 is 4.74 Å². The summed E-state index contributed by atoms with van der Waals surface area (Å²) in [5, 5.41) is 8.54. The Bertz CT molecular complexity index is 496. The van der Waals surface area contributed by atoms with Crippen molar-refractivity contribution in [1.82, 2.24) is 9.97 Å². The zero-order valence-corrected chi connectivity index (χ0v) is 7.74. The van der Waals surface area contributed by atoms with Gasteiger partial charge in [-0.05, 0) is 17.7 Å². The highest BCUT2D eigenvalue weighted by Gasteiger charge is 2.02. The van der Waals surface area contributed by atoms with E-state index in [2.05, 4.69) is 16.0 Å². The number of benzene rings is 1. The number of fused-ring (bicyclic) bond motifs is 1. The molecule has 0 spiro atoms. The molecule has 0 amide bonds. The average molecular weight is 187 g/mol. The van der Waals surface area contributed by atoms with Crippen LogP contribution in [0.15, 0.2) is 18.2 Å². The summed E-state index contributed by atoms with van der Waals surface area (Å²) in [7, 11) is 1.56. The van der Waals surface area contributed by atoms with Crippen LogP contribution in [0, 0.1) is 11.3 Å². The normalized spacial score (nSPS) is 10.0. The minimum atomic E-state index is 0.414. The first-order chi connectivity index (χ1) is 6.83. The third-order valence-corrected chi connectivity index (χ3v) is 2.00. The van der Waals surface area contributed by atoms with Crippen molar-refractivity contribution >= 4 is 11.0 Å². The van der Waals surface area contributed by atoms with E-state index in [-0.39, 0.29) is 0 Å². The van der Waals surface area contributed by atoms with Gasteiger partial charge in [0, 0.05) is 0 Å². The molecule has 0 bridgehead atoms. The van der Waals surface area contributed by atoms with E-state index in [9.17, 15) is 0 Å². The van der Waals surface area contributed by atoms with Crippen molar-refractivity contribution in [3.05, 3.63) is 23.8 Å². The van der Waals surface area contributed by atoms with Crippen molar-refractivity contribution in [2.24, 2.45) is 0 Å². The Balaban J connectivity index is 2.49. The summed E-state index contributed by atoms with van der Waals surface area (Å²) >= 11 is 0. The third kappa shape index (κ3) is 1.40. The van der Waals surface area contributed by atoms with E-state index in [1.54, 1.807) is 7.11 Å². The quantitative estimate of drug-likeness (QED) is 0.777. The topological polar surface area (TPSA) is 61.7 Å². The van der Waals surface area contributed by atoms with Crippen LogP contribution in [-0.4, -0.2) is 17.1 Å². The van der Waals surface area contributed by atoms with Gasteiger partial charge in [-0.2, -0.15) is 10.2 Å². The molecule has 1 N–H and O–H groups in total. The summed E-state index contributed by atoms with van der Waals surface area (Å²) in [6.07, 6.45) is 0.414. The first kappa shape index (κ1) is 8.57. The number of ether oxygens (including phenoxy) is 1. The van der Waals surface area contributed by atoms with E-state index in [1.165, 1.54) is 0 Å². The van der Waals surface area contributed by atoms with E-state index in [1.807, 2.05) is 18.2 Å². The second-order valence-electron chi connectivity index (χ2n) is 2.93. The van der Waals surface area contributed by atoms with Crippen LogP contribution in [0.3, 0.4) is 0 Å². The highest BCUT2D eigenvalue weighted by molar-refractivity contribution is 5.76. The fraction of sp³-hybridized carbons (Fsp3) is 0.200. The highest BCUT2D eigenvalue weighted by Crippen LogP contribution is 2.17.